The van der Waals surface area contributed by atoms with E-state index in [0.717, 1.165) is 23.8 Å². The lowest BCUT2D eigenvalue weighted by atomic mass is 10.4. The molecule has 0 fully saturated rings. The number of thiazole rings is 2. The zero-order chi connectivity index (χ0) is 9.80. The molecule has 5 heteroatoms. The highest BCUT2D eigenvalue weighted by Gasteiger charge is 2.00. The van der Waals surface area contributed by atoms with Gasteiger partial charge in [0.15, 0.2) is 0 Å². The Hall–Kier alpha value is -0.780. The van der Waals surface area contributed by atoms with E-state index in [0.29, 0.717) is 0 Å². The summed E-state index contributed by atoms with van der Waals surface area (Å²) in [6.07, 6.45) is 1.83. The molecule has 0 aromatic carbocycles. The van der Waals surface area contributed by atoms with E-state index >= 15 is 0 Å². The normalized spacial score (nSPS) is 10.6. The molecule has 2 heterocycles. The Bertz CT molecular complexity index is 380. The molecule has 2 aromatic rings. The third-order valence-electron chi connectivity index (χ3n) is 1.89. The molecular formula is C9H11N3S2. The minimum absolute atomic E-state index is 0.842. The zero-order valence-electron chi connectivity index (χ0n) is 7.86. The van der Waals surface area contributed by atoms with Gasteiger partial charge in [0.05, 0.1) is 11.2 Å². The van der Waals surface area contributed by atoms with Crippen molar-refractivity contribution in [1.82, 2.24) is 15.3 Å². The van der Waals surface area contributed by atoms with Crippen LogP contribution in [0.5, 0.6) is 0 Å². The fourth-order valence-electron chi connectivity index (χ4n) is 1.12. The highest BCUT2D eigenvalue weighted by Crippen LogP contribution is 2.11. The van der Waals surface area contributed by atoms with Gasteiger partial charge in [0.25, 0.3) is 0 Å². The summed E-state index contributed by atoms with van der Waals surface area (Å²) in [5, 5.41) is 6.48. The van der Waals surface area contributed by atoms with Crippen LogP contribution in [0.1, 0.15) is 15.6 Å². The van der Waals surface area contributed by atoms with Gasteiger partial charge in [0, 0.05) is 29.5 Å². The first-order chi connectivity index (χ1) is 6.86. The van der Waals surface area contributed by atoms with Gasteiger partial charge in [-0.05, 0) is 6.92 Å². The fraction of sp³-hybridized carbons (Fsp3) is 0.333. The smallest absolute Gasteiger partial charge is 0.106 e. The minimum atomic E-state index is 0.842. The van der Waals surface area contributed by atoms with Crippen molar-refractivity contribution >= 4 is 22.7 Å². The summed E-state index contributed by atoms with van der Waals surface area (Å²) in [5.74, 6) is 0. The Balaban J connectivity index is 1.81. The zero-order valence-corrected chi connectivity index (χ0v) is 9.49. The van der Waals surface area contributed by atoms with E-state index in [1.807, 2.05) is 24.0 Å². The van der Waals surface area contributed by atoms with Crippen LogP contribution in [0.25, 0.3) is 0 Å². The van der Waals surface area contributed by atoms with E-state index in [-0.39, 0.29) is 0 Å². The summed E-state index contributed by atoms with van der Waals surface area (Å²) in [4.78, 5) is 9.71. The Morgan fingerprint density at radius 1 is 1.29 bits per heavy atom. The first kappa shape index (κ1) is 9.76. The predicted octanol–water partition coefficient (Wildman–Crippen LogP) is 2.20. The Kier molecular flexibility index (Phi) is 3.23. The van der Waals surface area contributed by atoms with Gasteiger partial charge in [-0.1, -0.05) is 0 Å². The largest absolute Gasteiger partial charge is 0.305 e. The van der Waals surface area contributed by atoms with Gasteiger partial charge >= 0.3 is 0 Å². The maximum absolute atomic E-state index is 4.20. The summed E-state index contributed by atoms with van der Waals surface area (Å²) in [6, 6.07) is 0. The SMILES string of the molecule is Cc1ncsc1CNCc1nccs1. The summed E-state index contributed by atoms with van der Waals surface area (Å²) in [7, 11) is 0. The number of nitrogens with zero attached hydrogens (tertiary/aromatic N) is 2. The quantitative estimate of drug-likeness (QED) is 0.867. The molecule has 0 saturated carbocycles. The topological polar surface area (TPSA) is 37.8 Å². The lowest BCUT2D eigenvalue weighted by Gasteiger charge is -2.00. The average Bonchev–Trinajstić information content (AvgIpc) is 2.78. The molecule has 0 bridgehead atoms. The Morgan fingerprint density at radius 3 is 2.86 bits per heavy atom. The molecule has 0 atom stereocenters. The van der Waals surface area contributed by atoms with Crippen molar-refractivity contribution in [1.29, 1.82) is 0 Å². The number of hydrogen-bond acceptors (Lipinski definition) is 5. The van der Waals surface area contributed by atoms with Gasteiger partial charge in [-0.25, -0.2) is 9.97 Å². The van der Waals surface area contributed by atoms with Crippen molar-refractivity contribution in [3.05, 3.63) is 32.7 Å². The maximum atomic E-state index is 4.20. The monoisotopic (exact) mass is 225 g/mol. The van der Waals surface area contributed by atoms with Crippen molar-refractivity contribution < 1.29 is 0 Å². The van der Waals surface area contributed by atoms with E-state index in [1.165, 1.54) is 4.88 Å². The van der Waals surface area contributed by atoms with Crippen molar-refractivity contribution in [2.24, 2.45) is 0 Å². The number of hydrogen-bond donors (Lipinski definition) is 1. The Morgan fingerprint density at radius 2 is 2.21 bits per heavy atom. The summed E-state index contributed by atoms with van der Waals surface area (Å²) < 4.78 is 0. The van der Waals surface area contributed by atoms with E-state index in [4.69, 9.17) is 0 Å². The molecule has 2 rings (SSSR count). The highest BCUT2D eigenvalue weighted by atomic mass is 32.1. The van der Waals surface area contributed by atoms with Crippen LogP contribution in [0.4, 0.5) is 0 Å². The summed E-state index contributed by atoms with van der Waals surface area (Å²) >= 11 is 3.37. The molecule has 74 valence electrons. The predicted molar refractivity (Wildman–Crippen MR) is 59.5 cm³/mol. The first-order valence-electron chi connectivity index (χ1n) is 4.34. The standard InChI is InChI=1S/C9H11N3S2/c1-7-8(14-6-12-7)4-10-5-9-11-2-3-13-9/h2-3,6,10H,4-5H2,1H3. The van der Waals surface area contributed by atoms with Gasteiger partial charge in [0.1, 0.15) is 5.01 Å². The van der Waals surface area contributed by atoms with Crippen LogP contribution in [-0.2, 0) is 13.1 Å². The van der Waals surface area contributed by atoms with Crippen molar-refractivity contribution in [3.8, 4) is 0 Å². The third-order valence-corrected chi connectivity index (χ3v) is 3.60. The first-order valence-corrected chi connectivity index (χ1v) is 6.10. The number of aromatic nitrogens is 2. The second-order valence-corrected chi connectivity index (χ2v) is 4.81. The Labute approximate surface area is 90.9 Å². The highest BCUT2D eigenvalue weighted by molar-refractivity contribution is 7.09. The molecule has 0 aliphatic carbocycles. The van der Waals surface area contributed by atoms with Gasteiger partial charge < -0.3 is 5.32 Å². The lowest BCUT2D eigenvalue weighted by Crippen LogP contribution is -2.12. The molecule has 14 heavy (non-hydrogen) atoms. The van der Waals surface area contributed by atoms with Crippen LogP contribution in [0, 0.1) is 6.92 Å². The van der Waals surface area contributed by atoms with Crippen LogP contribution in [-0.4, -0.2) is 9.97 Å². The number of rotatable bonds is 4. The molecule has 1 N–H and O–H groups in total. The summed E-state index contributed by atoms with van der Waals surface area (Å²) in [5.41, 5.74) is 3.01. The molecule has 0 aliphatic rings. The second kappa shape index (κ2) is 4.63. The van der Waals surface area contributed by atoms with E-state index in [9.17, 15) is 0 Å². The van der Waals surface area contributed by atoms with Gasteiger partial charge in [0.2, 0.25) is 0 Å². The molecule has 0 radical (unpaired) electrons. The molecule has 0 spiro atoms. The third kappa shape index (κ3) is 2.37. The average molecular weight is 225 g/mol. The molecule has 0 aliphatic heterocycles. The molecule has 3 nitrogen and oxygen atoms in total. The van der Waals surface area contributed by atoms with E-state index in [2.05, 4.69) is 15.3 Å². The van der Waals surface area contributed by atoms with Crippen LogP contribution in [0.15, 0.2) is 17.1 Å². The van der Waals surface area contributed by atoms with Crippen molar-refractivity contribution in [2.45, 2.75) is 20.0 Å². The fourth-order valence-corrected chi connectivity index (χ4v) is 2.45. The van der Waals surface area contributed by atoms with Crippen LogP contribution >= 0.6 is 22.7 Å². The number of aryl methyl sites for hydroxylation is 1. The lowest BCUT2D eigenvalue weighted by molar-refractivity contribution is 0.693. The maximum Gasteiger partial charge on any atom is 0.106 e. The van der Waals surface area contributed by atoms with Crippen LogP contribution in [0.3, 0.4) is 0 Å². The van der Waals surface area contributed by atoms with Crippen molar-refractivity contribution in [3.63, 3.8) is 0 Å². The summed E-state index contributed by atoms with van der Waals surface area (Å²) in [6.45, 7) is 3.77. The van der Waals surface area contributed by atoms with Crippen LogP contribution < -0.4 is 5.32 Å². The van der Waals surface area contributed by atoms with E-state index < -0.39 is 0 Å². The van der Waals surface area contributed by atoms with Crippen molar-refractivity contribution in [2.75, 3.05) is 0 Å². The molecule has 0 amide bonds. The second-order valence-electron chi connectivity index (χ2n) is 2.89. The molecule has 0 saturated heterocycles. The van der Waals surface area contributed by atoms with Gasteiger partial charge in [-0.2, -0.15) is 0 Å². The number of nitrogens with one attached hydrogen (secondary N) is 1. The molecular weight excluding hydrogens is 214 g/mol. The van der Waals surface area contributed by atoms with E-state index in [1.54, 1.807) is 22.7 Å². The minimum Gasteiger partial charge on any atom is -0.305 e. The molecule has 0 unspecified atom stereocenters. The molecule has 2 aromatic heterocycles. The van der Waals surface area contributed by atoms with Gasteiger partial charge in [-0.15, -0.1) is 22.7 Å². The van der Waals surface area contributed by atoms with Gasteiger partial charge in [-0.3, -0.25) is 0 Å². The van der Waals surface area contributed by atoms with Crippen LogP contribution in [0.2, 0.25) is 0 Å².